The molecule has 4 rings (SSSR count). The van der Waals surface area contributed by atoms with Crippen molar-refractivity contribution in [1.29, 1.82) is 0 Å². The van der Waals surface area contributed by atoms with Crippen molar-refractivity contribution in [2.75, 3.05) is 4.90 Å². The number of non-ortho nitro benzene ring substituents is 1. The molecule has 0 atom stereocenters. The number of amides is 1. The monoisotopic (exact) mass is 560 g/mol. The van der Waals surface area contributed by atoms with Crippen LogP contribution < -0.4 is 9.64 Å². The van der Waals surface area contributed by atoms with Crippen molar-refractivity contribution in [3.05, 3.63) is 102 Å². The Morgan fingerprint density at radius 3 is 2.45 bits per heavy atom. The van der Waals surface area contributed by atoms with Crippen LogP contribution in [-0.4, -0.2) is 15.2 Å². The second-order valence-electron chi connectivity index (χ2n) is 6.90. The Hall–Kier alpha value is -2.72. The molecule has 3 aromatic carbocycles. The summed E-state index contributed by atoms with van der Waals surface area (Å²) >= 11 is 16.0. The first-order valence-electron chi connectivity index (χ1n) is 9.51. The van der Waals surface area contributed by atoms with E-state index in [1.807, 2.05) is 42.5 Å². The van der Waals surface area contributed by atoms with Crippen LogP contribution in [0.1, 0.15) is 11.1 Å². The fourth-order valence-corrected chi connectivity index (χ4v) is 4.97. The molecule has 0 saturated carbocycles. The Bertz CT molecular complexity index is 1280. The molecule has 1 aliphatic heterocycles. The Morgan fingerprint density at radius 1 is 1.12 bits per heavy atom. The fourth-order valence-electron chi connectivity index (χ4n) is 3.03. The maximum atomic E-state index is 12.9. The highest BCUT2D eigenvalue weighted by Gasteiger charge is 2.33. The smallest absolute Gasteiger partial charge is 0.270 e. The third-order valence-corrected chi connectivity index (χ3v) is 6.85. The van der Waals surface area contributed by atoms with Crippen molar-refractivity contribution < 1.29 is 14.5 Å². The zero-order valence-electron chi connectivity index (χ0n) is 16.7. The molecular weight excluding hydrogens is 548 g/mol. The van der Waals surface area contributed by atoms with Gasteiger partial charge in [-0.2, -0.15) is 0 Å². The highest BCUT2D eigenvalue weighted by atomic mass is 79.9. The molecule has 6 nitrogen and oxygen atoms in total. The summed E-state index contributed by atoms with van der Waals surface area (Å²) in [5.41, 5.74) is 2.22. The third-order valence-electron chi connectivity index (χ3n) is 4.67. The third kappa shape index (κ3) is 5.44. The maximum absolute atomic E-state index is 12.9. The lowest BCUT2D eigenvalue weighted by Crippen LogP contribution is -2.27. The average molecular weight is 562 g/mol. The van der Waals surface area contributed by atoms with Crippen LogP contribution in [-0.2, 0) is 11.4 Å². The molecule has 0 unspecified atom stereocenters. The lowest BCUT2D eigenvalue weighted by Gasteiger charge is -2.14. The topological polar surface area (TPSA) is 72.7 Å². The summed E-state index contributed by atoms with van der Waals surface area (Å²) in [5.74, 6) is 0.388. The van der Waals surface area contributed by atoms with Crippen LogP contribution >= 0.6 is 51.5 Å². The van der Waals surface area contributed by atoms with Crippen LogP contribution in [0.5, 0.6) is 5.75 Å². The van der Waals surface area contributed by atoms with E-state index in [9.17, 15) is 14.9 Å². The van der Waals surface area contributed by atoms with E-state index >= 15 is 0 Å². The van der Waals surface area contributed by atoms with E-state index in [1.165, 1.54) is 40.9 Å². The molecule has 1 heterocycles. The highest BCUT2D eigenvalue weighted by Crippen LogP contribution is 2.37. The van der Waals surface area contributed by atoms with Gasteiger partial charge in [0, 0.05) is 17.2 Å². The number of carbonyl (C=O) groups is 1. The van der Waals surface area contributed by atoms with Crippen molar-refractivity contribution in [3.63, 3.8) is 0 Å². The molecule has 166 valence electrons. The number of nitrogens with zero attached hydrogens (tertiary/aromatic N) is 2. The van der Waals surface area contributed by atoms with Gasteiger partial charge < -0.3 is 4.74 Å². The lowest BCUT2D eigenvalue weighted by molar-refractivity contribution is -0.384. The Labute approximate surface area is 212 Å². The number of thioether (sulfide) groups is 1. The largest absolute Gasteiger partial charge is 0.488 e. The SMILES string of the molecule is O=C1/C(=C/c2ccc(OCc3ccc(Cl)cc3)c(Br)c2)SC(=S)N1c1ccc([N+](=O)[O-])cc1. The molecule has 0 N–H and O–H groups in total. The van der Waals surface area contributed by atoms with Gasteiger partial charge in [0.25, 0.3) is 11.6 Å². The van der Waals surface area contributed by atoms with E-state index in [-0.39, 0.29) is 11.6 Å². The van der Waals surface area contributed by atoms with Gasteiger partial charge in [-0.15, -0.1) is 0 Å². The number of nitro benzene ring substituents is 1. The van der Waals surface area contributed by atoms with Crippen LogP contribution in [0.3, 0.4) is 0 Å². The number of hydrogen-bond acceptors (Lipinski definition) is 6. The van der Waals surface area contributed by atoms with E-state index < -0.39 is 4.92 Å². The Kier molecular flexibility index (Phi) is 7.14. The van der Waals surface area contributed by atoms with E-state index in [0.717, 1.165) is 15.6 Å². The van der Waals surface area contributed by atoms with Crippen LogP contribution in [0.15, 0.2) is 76.1 Å². The van der Waals surface area contributed by atoms with E-state index in [1.54, 1.807) is 6.08 Å². The van der Waals surface area contributed by atoms with Gasteiger partial charge in [0.05, 0.1) is 20.0 Å². The number of benzene rings is 3. The fraction of sp³-hybridized carbons (Fsp3) is 0.0435. The molecular formula is C23H14BrClN2O4S2. The van der Waals surface area contributed by atoms with Crippen LogP contribution in [0.25, 0.3) is 6.08 Å². The molecule has 1 aliphatic rings. The molecule has 0 radical (unpaired) electrons. The molecule has 33 heavy (non-hydrogen) atoms. The summed E-state index contributed by atoms with van der Waals surface area (Å²) in [5, 5.41) is 11.5. The minimum atomic E-state index is -0.491. The first-order valence-corrected chi connectivity index (χ1v) is 11.9. The van der Waals surface area contributed by atoms with Gasteiger partial charge in [-0.1, -0.05) is 53.8 Å². The number of ether oxygens (including phenoxy) is 1. The highest BCUT2D eigenvalue weighted by molar-refractivity contribution is 9.10. The zero-order chi connectivity index (χ0) is 23.5. The molecule has 0 aromatic heterocycles. The minimum absolute atomic E-state index is 0.0528. The first kappa shape index (κ1) is 23.4. The van der Waals surface area contributed by atoms with Gasteiger partial charge in [-0.3, -0.25) is 19.8 Å². The summed E-state index contributed by atoms with van der Waals surface area (Å²) in [6.45, 7) is 0.392. The molecule has 1 saturated heterocycles. The minimum Gasteiger partial charge on any atom is -0.488 e. The molecule has 0 spiro atoms. The average Bonchev–Trinajstić information content (AvgIpc) is 3.07. The van der Waals surface area contributed by atoms with Crippen LogP contribution in [0.2, 0.25) is 5.02 Å². The molecule has 0 aliphatic carbocycles. The first-order chi connectivity index (χ1) is 15.8. The van der Waals surface area contributed by atoms with Gasteiger partial charge in [-0.05, 0) is 69.5 Å². The van der Waals surface area contributed by atoms with Crippen molar-refractivity contribution in [3.8, 4) is 5.75 Å². The standard InChI is InChI=1S/C23H14BrClN2O4S2/c24-19-11-15(3-10-20(19)31-13-14-1-4-16(25)5-2-14)12-21-22(28)26(23(32)33-21)17-6-8-18(9-7-17)27(29)30/h1-12H,13H2/b21-12-. The van der Waals surface area contributed by atoms with Gasteiger partial charge in [0.2, 0.25) is 0 Å². The number of anilines is 1. The summed E-state index contributed by atoms with van der Waals surface area (Å²) in [6, 6.07) is 18.7. The second-order valence-corrected chi connectivity index (χ2v) is 9.86. The van der Waals surface area contributed by atoms with Crippen molar-refractivity contribution in [1.82, 2.24) is 0 Å². The van der Waals surface area contributed by atoms with E-state index in [0.29, 0.717) is 32.3 Å². The summed E-state index contributed by atoms with van der Waals surface area (Å²) in [7, 11) is 0. The molecule has 10 heteroatoms. The van der Waals surface area contributed by atoms with Gasteiger partial charge >= 0.3 is 0 Å². The number of nitro groups is 1. The Balaban J connectivity index is 1.48. The number of halogens is 2. The van der Waals surface area contributed by atoms with Gasteiger partial charge in [0.15, 0.2) is 4.32 Å². The predicted octanol–water partition coefficient (Wildman–Crippen LogP) is 7.00. The Morgan fingerprint density at radius 2 is 1.82 bits per heavy atom. The van der Waals surface area contributed by atoms with Gasteiger partial charge in [0.1, 0.15) is 12.4 Å². The van der Waals surface area contributed by atoms with Crippen molar-refractivity contribution in [2.45, 2.75) is 6.61 Å². The molecule has 0 bridgehead atoms. The van der Waals surface area contributed by atoms with Crippen molar-refractivity contribution >= 4 is 79.2 Å². The predicted molar refractivity (Wildman–Crippen MR) is 139 cm³/mol. The maximum Gasteiger partial charge on any atom is 0.270 e. The zero-order valence-corrected chi connectivity index (χ0v) is 20.7. The molecule has 1 fully saturated rings. The lowest BCUT2D eigenvalue weighted by atomic mass is 10.2. The van der Waals surface area contributed by atoms with Crippen molar-refractivity contribution in [2.24, 2.45) is 0 Å². The number of carbonyl (C=O) groups excluding carboxylic acids is 1. The number of rotatable bonds is 6. The molecule has 1 amide bonds. The number of hydrogen-bond donors (Lipinski definition) is 0. The van der Waals surface area contributed by atoms with Gasteiger partial charge in [-0.25, -0.2) is 0 Å². The quantitative estimate of drug-likeness (QED) is 0.140. The summed E-state index contributed by atoms with van der Waals surface area (Å²) in [4.78, 5) is 25.1. The summed E-state index contributed by atoms with van der Waals surface area (Å²) in [6.07, 6.45) is 1.75. The van der Waals surface area contributed by atoms with Crippen LogP contribution in [0.4, 0.5) is 11.4 Å². The second kappa shape index (κ2) is 10.0. The molecule has 3 aromatic rings. The number of thiocarbonyl (C=S) groups is 1. The summed E-state index contributed by atoms with van der Waals surface area (Å²) < 4.78 is 6.98. The van der Waals surface area contributed by atoms with E-state index in [4.69, 9.17) is 28.6 Å². The normalized spacial score (nSPS) is 14.7. The van der Waals surface area contributed by atoms with E-state index in [2.05, 4.69) is 15.9 Å². The van der Waals surface area contributed by atoms with Crippen LogP contribution in [0, 0.1) is 10.1 Å².